The maximum Gasteiger partial charge on any atom is 0.303 e. The molecule has 0 aromatic rings. The standard InChI is InChI=1S/C12H16FN3O7/c1-5(17)20-4-8-10(21-6(2)18)11(22-7(3)19)9(13)12(23-8)15-16-14/h8-12H,4H2,1-3H3/t8-,9-,10+,11-,12-/m1/s1. The molecule has 0 N–H and O–H groups in total. The number of carbonyl (C=O) groups is 3. The van der Waals surface area contributed by atoms with Gasteiger partial charge in [-0.25, -0.2) is 4.39 Å². The van der Waals surface area contributed by atoms with Crippen molar-refractivity contribution >= 4 is 17.9 Å². The fourth-order valence-corrected chi connectivity index (χ4v) is 2.02. The zero-order valence-electron chi connectivity index (χ0n) is 12.7. The summed E-state index contributed by atoms with van der Waals surface area (Å²) in [4.78, 5) is 35.7. The van der Waals surface area contributed by atoms with Crippen LogP contribution in [0.4, 0.5) is 4.39 Å². The Balaban J connectivity index is 3.09. The van der Waals surface area contributed by atoms with Gasteiger partial charge >= 0.3 is 17.9 Å². The Labute approximate surface area is 130 Å². The zero-order valence-corrected chi connectivity index (χ0v) is 12.7. The van der Waals surface area contributed by atoms with E-state index in [0.717, 1.165) is 20.8 Å². The first-order valence-electron chi connectivity index (χ1n) is 6.57. The van der Waals surface area contributed by atoms with Crippen molar-refractivity contribution in [1.82, 2.24) is 0 Å². The SMILES string of the molecule is CC(=O)OC[C@H]1O[C@@H](N=[N+]=[N-])[C@H](F)[C@@H](OC(C)=O)[C@H]1OC(C)=O. The van der Waals surface area contributed by atoms with Gasteiger partial charge in [0.1, 0.15) is 12.7 Å². The summed E-state index contributed by atoms with van der Waals surface area (Å²) in [5.41, 5.74) is 8.45. The van der Waals surface area contributed by atoms with Crippen molar-refractivity contribution in [1.29, 1.82) is 0 Å². The van der Waals surface area contributed by atoms with Gasteiger partial charge in [0.25, 0.3) is 0 Å². The second kappa shape index (κ2) is 8.30. The van der Waals surface area contributed by atoms with Crippen molar-refractivity contribution in [3.63, 3.8) is 0 Å². The second-order valence-corrected chi connectivity index (χ2v) is 4.67. The normalized spacial score (nSPS) is 29.8. The fraction of sp³-hybridized carbons (Fsp3) is 0.750. The van der Waals surface area contributed by atoms with E-state index in [9.17, 15) is 18.8 Å². The van der Waals surface area contributed by atoms with Gasteiger partial charge in [-0.05, 0) is 5.53 Å². The van der Waals surface area contributed by atoms with Crippen molar-refractivity contribution in [3.8, 4) is 0 Å². The number of nitrogens with zero attached hydrogens (tertiary/aromatic N) is 3. The van der Waals surface area contributed by atoms with Crippen molar-refractivity contribution in [2.24, 2.45) is 5.11 Å². The molecule has 1 aliphatic heterocycles. The highest BCUT2D eigenvalue weighted by molar-refractivity contribution is 5.67. The molecule has 1 rings (SSSR count). The highest BCUT2D eigenvalue weighted by Crippen LogP contribution is 2.29. The number of carbonyl (C=O) groups excluding carboxylic acids is 3. The molecule has 0 saturated carbocycles. The summed E-state index contributed by atoms with van der Waals surface area (Å²) in [6.07, 6.45) is -7.80. The number of azide groups is 1. The van der Waals surface area contributed by atoms with Gasteiger partial charge in [0.2, 0.25) is 0 Å². The monoisotopic (exact) mass is 333 g/mol. The van der Waals surface area contributed by atoms with E-state index < -0.39 is 55.2 Å². The van der Waals surface area contributed by atoms with E-state index in [2.05, 4.69) is 10.0 Å². The van der Waals surface area contributed by atoms with Gasteiger partial charge in [-0.15, -0.1) is 0 Å². The van der Waals surface area contributed by atoms with E-state index in [-0.39, 0.29) is 0 Å². The average molecular weight is 333 g/mol. The van der Waals surface area contributed by atoms with Gasteiger partial charge in [0.05, 0.1) is 0 Å². The van der Waals surface area contributed by atoms with Gasteiger partial charge in [-0.2, -0.15) is 0 Å². The van der Waals surface area contributed by atoms with Crippen molar-refractivity contribution < 1.29 is 37.7 Å². The summed E-state index contributed by atoms with van der Waals surface area (Å²) in [5.74, 6) is -2.26. The molecule has 23 heavy (non-hydrogen) atoms. The molecule has 0 spiro atoms. The van der Waals surface area contributed by atoms with Crippen LogP contribution in [-0.4, -0.2) is 55.2 Å². The average Bonchev–Trinajstić information content (AvgIpc) is 2.43. The predicted molar refractivity (Wildman–Crippen MR) is 70.4 cm³/mol. The van der Waals surface area contributed by atoms with Crippen LogP contribution in [0.5, 0.6) is 0 Å². The number of ether oxygens (including phenoxy) is 4. The van der Waals surface area contributed by atoms with Crippen molar-refractivity contribution in [2.45, 2.75) is 51.5 Å². The van der Waals surface area contributed by atoms with Crippen molar-refractivity contribution in [3.05, 3.63) is 10.4 Å². The molecule has 11 heteroatoms. The lowest BCUT2D eigenvalue weighted by molar-refractivity contribution is -0.234. The molecule has 0 amide bonds. The number of hydrogen-bond donors (Lipinski definition) is 0. The zero-order chi connectivity index (χ0) is 17.6. The summed E-state index contributed by atoms with van der Waals surface area (Å²) >= 11 is 0. The first kappa shape index (κ1) is 18.7. The smallest absolute Gasteiger partial charge is 0.303 e. The molecular formula is C12H16FN3O7. The van der Waals surface area contributed by atoms with Crippen molar-refractivity contribution in [2.75, 3.05) is 6.61 Å². The lowest BCUT2D eigenvalue weighted by Gasteiger charge is -2.40. The Kier molecular flexibility index (Phi) is 6.73. The van der Waals surface area contributed by atoms with Gasteiger partial charge < -0.3 is 18.9 Å². The molecule has 0 aromatic carbocycles. The number of alkyl halides is 1. The lowest BCUT2D eigenvalue weighted by Crippen LogP contribution is -2.59. The van der Waals surface area contributed by atoms with Gasteiger partial charge in [-0.1, -0.05) is 5.11 Å². The largest absolute Gasteiger partial charge is 0.463 e. The van der Waals surface area contributed by atoms with Crippen LogP contribution in [0.2, 0.25) is 0 Å². The third-order valence-corrected chi connectivity index (χ3v) is 2.81. The van der Waals surface area contributed by atoms with Crippen LogP contribution in [0.15, 0.2) is 5.11 Å². The number of rotatable bonds is 5. The fourth-order valence-electron chi connectivity index (χ4n) is 2.02. The number of halogens is 1. The van der Waals surface area contributed by atoms with Crippen LogP contribution < -0.4 is 0 Å². The first-order valence-corrected chi connectivity index (χ1v) is 6.57. The minimum Gasteiger partial charge on any atom is -0.463 e. The maximum absolute atomic E-state index is 14.4. The van der Waals surface area contributed by atoms with E-state index in [1.54, 1.807) is 0 Å². The predicted octanol–water partition coefficient (Wildman–Crippen LogP) is 0.786. The Morgan fingerprint density at radius 2 is 1.70 bits per heavy atom. The van der Waals surface area contributed by atoms with E-state index in [0.29, 0.717) is 0 Å². The van der Waals surface area contributed by atoms with Crippen LogP contribution in [0.25, 0.3) is 10.4 Å². The van der Waals surface area contributed by atoms with E-state index in [1.165, 1.54) is 0 Å². The summed E-state index contributed by atoms with van der Waals surface area (Å²) in [5, 5.41) is 3.12. The molecule has 1 aliphatic rings. The quantitative estimate of drug-likeness (QED) is 0.238. The van der Waals surface area contributed by atoms with E-state index >= 15 is 0 Å². The second-order valence-electron chi connectivity index (χ2n) is 4.67. The molecule has 128 valence electrons. The molecule has 1 fully saturated rings. The van der Waals surface area contributed by atoms with Crippen LogP contribution in [-0.2, 0) is 33.3 Å². The summed E-state index contributed by atoms with van der Waals surface area (Å²) in [7, 11) is 0. The Morgan fingerprint density at radius 3 is 2.17 bits per heavy atom. The van der Waals surface area contributed by atoms with Gasteiger partial charge in [0, 0.05) is 25.7 Å². The third-order valence-electron chi connectivity index (χ3n) is 2.81. The first-order chi connectivity index (χ1) is 10.8. The maximum atomic E-state index is 14.4. The van der Waals surface area contributed by atoms with Crippen LogP contribution in [0.3, 0.4) is 0 Å². The summed E-state index contributed by atoms with van der Waals surface area (Å²) < 4.78 is 34.1. The molecule has 0 radical (unpaired) electrons. The Bertz CT molecular complexity index is 523. The lowest BCUT2D eigenvalue weighted by atomic mass is 9.99. The Morgan fingerprint density at radius 1 is 1.13 bits per heavy atom. The molecule has 5 atom stereocenters. The number of esters is 3. The van der Waals surface area contributed by atoms with Gasteiger partial charge in [-0.3, -0.25) is 14.4 Å². The highest BCUT2D eigenvalue weighted by atomic mass is 19.1. The summed E-state index contributed by atoms with van der Waals surface area (Å²) in [6, 6.07) is 0. The molecule has 1 saturated heterocycles. The number of hydrogen-bond acceptors (Lipinski definition) is 8. The van der Waals surface area contributed by atoms with E-state index in [1.807, 2.05) is 0 Å². The van der Waals surface area contributed by atoms with E-state index in [4.69, 9.17) is 24.5 Å². The van der Waals surface area contributed by atoms with Crippen LogP contribution in [0, 0.1) is 0 Å². The molecule has 0 unspecified atom stereocenters. The molecule has 10 nitrogen and oxygen atoms in total. The van der Waals surface area contributed by atoms with Gasteiger partial charge in [0.15, 0.2) is 24.6 Å². The minimum atomic E-state index is -2.06. The summed E-state index contributed by atoms with van der Waals surface area (Å²) in [6.45, 7) is 2.84. The molecule has 0 aromatic heterocycles. The molecule has 0 aliphatic carbocycles. The highest BCUT2D eigenvalue weighted by Gasteiger charge is 2.50. The third kappa shape index (κ3) is 5.38. The molecular weight excluding hydrogens is 317 g/mol. The Hall–Kier alpha value is -2.39. The topological polar surface area (TPSA) is 137 Å². The van der Waals surface area contributed by atoms with Crippen LogP contribution in [0.1, 0.15) is 20.8 Å². The molecule has 1 heterocycles. The van der Waals surface area contributed by atoms with Crippen LogP contribution >= 0.6 is 0 Å². The molecule has 0 bridgehead atoms. The minimum absolute atomic E-state index is 0.408.